The molecule has 1 heterocycles. The molecule has 0 aliphatic heterocycles. The summed E-state index contributed by atoms with van der Waals surface area (Å²) in [6.07, 6.45) is 3.09. The molecule has 0 radical (unpaired) electrons. The van der Waals surface area contributed by atoms with Crippen LogP contribution in [0.2, 0.25) is 15.2 Å². The van der Waals surface area contributed by atoms with Crippen molar-refractivity contribution in [3.8, 4) is 0 Å². The number of halogens is 3. The molecule has 3 rings (SSSR count). The monoisotopic (exact) mass is 339 g/mol. The standard InChI is InChI=1S/C15H12Cl3N3/c16-11-8-12(17)15(19-14(11)18)21-20-13-7-3-5-9-4-1-2-6-10(9)13/h1-2,4,6,8H,3,5,7H2,(H,19,21). The highest BCUT2D eigenvalue weighted by molar-refractivity contribution is 6.42. The van der Waals surface area contributed by atoms with Gasteiger partial charge in [-0.1, -0.05) is 59.1 Å². The number of rotatable bonds is 2. The number of aryl methyl sites for hydroxylation is 1. The quantitative estimate of drug-likeness (QED) is 0.603. The average Bonchev–Trinajstić information content (AvgIpc) is 2.49. The summed E-state index contributed by atoms with van der Waals surface area (Å²) in [6, 6.07) is 9.83. The summed E-state index contributed by atoms with van der Waals surface area (Å²) >= 11 is 17.8. The minimum atomic E-state index is 0.202. The van der Waals surface area contributed by atoms with Gasteiger partial charge >= 0.3 is 0 Å². The van der Waals surface area contributed by atoms with Gasteiger partial charge in [-0.25, -0.2) is 4.98 Å². The van der Waals surface area contributed by atoms with E-state index in [1.165, 1.54) is 11.1 Å². The number of nitrogens with one attached hydrogen (secondary N) is 1. The van der Waals surface area contributed by atoms with Crippen LogP contribution in [-0.4, -0.2) is 10.7 Å². The Kier molecular flexibility index (Phi) is 4.34. The van der Waals surface area contributed by atoms with Crippen LogP contribution in [0.1, 0.15) is 24.0 Å². The summed E-state index contributed by atoms with van der Waals surface area (Å²) in [7, 11) is 0. The lowest BCUT2D eigenvalue weighted by Crippen LogP contribution is -2.13. The Hall–Kier alpha value is -1.29. The molecule has 0 saturated heterocycles. The fourth-order valence-electron chi connectivity index (χ4n) is 2.36. The molecule has 3 nitrogen and oxygen atoms in total. The molecule has 108 valence electrons. The van der Waals surface area contributed by atoms with E-state index in [0.717, 1.165) is 25.0 Å². The van der Waals surface area contributed by atoms with Crippen LogP contribution in [0.25, 0.3) is 0 Å². The molecule has 0 spiro atoms. The molecular weight excluding hydrogens is 329 g/mol. The van der Waals surface area contributed by atoms with Gasteiger partial charge in [-0.15, -0.1) is 0 Å². The zero-order valence-corrected chi connectivity index (χ0v) is 13.3. The molecule has 0 bridgehead atoms. The molecule has 0 atom stereocenters. The van der Waals surface area contributed by atoms with Crippen LogP contribution in [0.4, 0.5) is 5.82 Å². The third kappa shape index (κ3) is 3.15. The van der Waals surface area contributed by atoms with Crippen molar-refractivity contribution in [2.45, 2.75) is 19.3 Å². The fraction of sp³-hybridized carbons (Fsp3) is 0.200. The molecule has 1 aromatic heterocycles. The van der Waals surface area contributed by atoms with Crippen LogP contribution >= 0.6 is 34.8 Å². The van der Waals surface area contributed by atoms with E-state index < -0.39 is 0 Å². The molecule has 2 aromatic rings. The van der Waals surface area contributed by atoms with Gasteiger partial charge in [-0.05, 0) is 30.9 Å². The first-order valence-corrected chi connectivity index (χ1v) is 7.71. The fourth-order valence-corrected chi connectivity index (χ4v) is 2.90. The van der Waals surface area contributed by atoms with Crippen molar-refractivity contribution in [1.82, 2.24) is 4.98 Å². The van der Waals surface area contributed by atoms with E-state index >= 15 is 0 Å². The van der Waals surface area contributed by atoms with Crippen molar-refractivity contribution in [1.29, 1.82) is 0 Å². The predicted octanol–water partition coefficient (Wildman–Crippen LogP) is 5.19. The van der Waals surface area contributed by atoms with E-state index in [-0.39, 0.29) is 5.15 Å². The topological polar surface area (TPSA) is 37.3 Å². The summed E-state index contributed by atoms with van der Waals surface area (Å²) in [5.74, 6) is 0.404. The van der Waals surface area contributed by atoms with Crippen LogP contribution in [0, 0.1) is 0 Å². The van der Waals surface area contributed by atoms with Gasteiger partial charge in [0.25, 0.3) is 0 Å². The zero-order chi connectivity index (χ0) is 14.8. The normalized spacial score (nSPS) is 15.9. The number of nitrogens with zero attached hydrogens (tertiary/aromatic N) is 2. The molecule has 1 aromatic carbocycles. The average molecular weight is 341 g/mol. The first-order valence-electron chi connectivity index (χ1n) is 6.57. The lowest BCUT2D eigenvalue weighted by atomic mass is 9.90. The van der Waals surface area contributed by atoms with Crippen molar-refractivity contribution < 1.29 is 0 Å². The molecule has 0 fully saturated rings. The first-order chi connectivity index (χ1) is 10.1. The highest BCUT2D eigenvalue weighted by Crippen LogP contribution is 2.29. The number of hydrogen-bond donors (Lipinski definition) is 1. The van der Waals surface area contributed by atoms with Crippen LogP contribution in [0.5, 0.6) is 0 Å². The molecule has 0 saturated carbocycles. The number of hydrazone groups is 1. The summed E-state index contributed by atoms with van der Waals surface area (Å²) in [5.41, 5.74) is 6.38. The second-order valence-electron chi connectivity index (χ2n) is 4.77. The minimum absolute atomic E-state index is 0.202. The number of fused-ring (bicyclic) bond motifs is 1. The maximum atomic E-state index is 6.08. The van der Waals surface area contributed by atoms with Crippen LogP contribution in [0.15, 0.2) is 35.4 Å². The van der Waals surface area contributed by atoms with E-state index in [1.54, 1.807) is 6.07 Å². The zero-order valence-electron chi connectivity index (χ0n) is 11.0. The van der Waals surface area contributed by atoms with Gasteiger partial charge in [-0.3, -0.25) is 5.43 Å². The second kappa shape index (κ2) is 6.22. The lowest BCUT2D eigenvalue weighted by molar-refractivity contribution is 0.837. The summed E-state index contributed by atoms with van der Waals surface area (Å²) in [4.78, 5) is 4.10. The Morgan fingerprint density at radius 2 is 1.86 bits per heavy atom. The first kappa shape index (κ1) is 14.6. The molecule has 21 heavy (non-hydrogen) atoms. The lowest BCUT2D eigenvalue weighted by Gasteiger charge is -2.17. The van der Waals surface area contributed by atoms with Crippen LogP contribution in [-0.2, 0) is 6.42 Å². The smallest absolute Gasteiger partial charge is 0.166 e. The molecule has 0 unspecified atom stereocenters. The molecule has 0 amide bonds. The highest BCUT2D eigenvalue weighted by atomic mass is 35.5. The Labute approximate surface area is 137 Å². The second-order valence-corrected chi connectivity index (χ2v) is 5.94. The largest absolute Gasteiger partial charge is 0.260 e. The highest BCUT2D eigenvalue weighted by Gasteiger charge is 2.15. The molecule has 1 aliphatic rings. The Bertz CT molecular complexity index is 713. The van der Waals surface area contributed by atoms with Crippen LogP contribution in [0.3, 0.4) is 0 Å². The van der Waals surface area contributed by atoms with Gasteiger partial charge in [0.2, 0.25) is 0 Å². The summed E-state index contributed by atoms with van der Waals surface area (Å²) in [6.45, 7) is 0. The molecular formula is C15H12Cl3N3. The van der Waals surface area contributed by atoms with E-state index in [9.17, 15) is 0 Å². The Balaban J connectivity index is 1.89. The van der Waals surface area contributed by atoms with E-state index in [1.807, 2.05) is 12.1 Å². The van der Waals surface area contributed by atoms with Crippen molar-refractivity contribution >= 4 is 46.3 Å². The van der Waals surface area contributed by atoms with Gasteiger partial charge < -0.3 is 0 Å². The molecule has 1 aliphatic carbocycles. The van der Waals surface area contributed by atoms with Crippen molar-refractivity contribution in [2.24, 2.45) is 5.10 Å². The van der Waals surface area contributed by atoms with Gasteiger partial charge in [0.15, 0.2) is 5.82 Å². The number of aromatic nitrogens is 1. The number of benzene rings is 1. The molecule has 1 N–H and O–H groups in total. The van der Waals surface area contributed by atoms with Crippen molar-refractivity contribution in [3.63, 3.8) is 0 Å². The van der Waals surface area contributed by atoms with Crippen molar-refractivity contribution in [3.05, 3.63) is 56.7 Å². The van der Waals surface area contributed by atoms with Gasteiger partial charge in [-0.2, -0.15) is 5.10 Å². The molecule has 6 heteroatoms. The minimum Gasteiger partial charge on any atom is -0.260 e. The van der Waals surface area contributed by atoms with E-state index in [2.05, 4.69) is 27.6 Å². The maximum absolute atomic E-state index is 6.08. The van der Waals surface area contributed by atoms with Gasteiger partial charge in [0, 0.05) is 5.56 Å². The predicted molar refractivity (Wildman–Crippen MR) is 88.8 cm³/mol. The third-order valence-corrected chi connectivity index (χ3v) is 4.33. The Morgan fingerprint density at radius 1 is 1.05 bits per heavy atom. The van der Waals surface area contributed by atoms with Crippen LogP contribution < -0.4 is 5.43 Å². The van der Waals surface area contributed by atoms with Crippen molar-refractivity contribution in [2.75, 3.05) is 5.43 Å². The van der Waals surface area contributed by atoms with E-state index in [4.69, 9.17) is 34.8 Å². The third-order valence-electron chi connectivity index (χ3n) is 3.37. The van der Waals surface area contributed by atoms with Gasteiger partial charge in [0.05, 0.1) is 15.8 Å². The summed E-state index contributed by atoms with van der Waals surface area (Å²) < 4.78 is 0. The Morgan fingerprint density at radius 3 is 2.71 bits per heavy atom. The van der Waals surface area contributed by atoms with E-state index in [0.29, 0.717) is 15.9 Å². The van der Waals surface area contributed by atoms with Gasteiger partial charge in [0.1, 0.15) is 5.15 Å². The summed E-state index contributed by atoms with van der Waals surface area (Å²) in [5, 5.41) is 5.36. The number of anilines is 1. The number of pyridine rings is 1. The SMILES string of the molecule is Clc1cc(Cl)c(NN=C2CCCc3ccccc32)nc1Cl. The maximum Gasteiger partial charge on any atom is 0.166 e. The number of hydrogen-bond acceptors (Lipinski definition) is 3.